The lowest BCUT2D eigenvalue weighted by Crippen LogP contribution is -2.41. The number of carbonyl (C=O) groups excluding carboxylic acids is 1. The van der Waals surface area contributed by atoms with Crippen molar-refractivity contribution >= 4 is 6.03 Å². The maximum absolute atomic E-state index is 11.3. The molecule has 1 fully saturated rings. The van der Waals surface area contributed by atoms with Gasteiger partial charge in [0, 0.05) is 31.2 Å². The summed E-state index contributed by atoms with van der Waals surface area (Å²) in [6, 6.07) is 0.215. The molecule has 1 aliphatic heterocycles. The standard InChI is InChI=1S/C9H18N2O2/c1-7-4-10-8(13)11(7)5-9(2,3)6-12/h7,12H,4-6H2,1-3H3,(H,10,13). The minimum Gasteiger partial charge on any atom is -0.396 e. The summed E-state index contributed by atoms with van der Waals surface area (Å²) in [5.41, 5.74) is -0.212. The molecule has 0 spiro atoms. The fourth-order valence-corrected chi connectivity index (χ4v) is 1.39. The second kappa shape index (κ2) is 3.54. The molecule has 0 aromatic rings. The van der Waals surface area contributed by atoms with E-state index in [1.807, 2.05) is 20.8 Å². The van der Waals surface area contributed by atoms with Crippen LogP contribution in [0.5, 0.6) is 0 Å². The van der Waals surface area contributed by atoms with Crippen LogP contribution < -0.4 is 5.32 Å². The zero-order chi connectivity index (χ0) is 10.1. The van der Waals surface area contributed by atoms with Crippen LogP contribution >= 0.6 is 0 Å². The van der Waals surface area contributed by atoms with Crippen molar-refractivity contribution in [2.24, 2.45) is 5.41 Å². The molecule has 2 N–H and O–H groups in total. The highest BCUT2D eigenvalue weighted by Crippen LogP contribution is 2.19. The van der Waals surface area contributed by atoms with Gasteiger partial charge in [-0.3, -0.25) is 0 Å². The summed E-state index contributed by atoms with van der Waals surface area (Å²) in [5, 5.41) is 11.8. The Balaban J connectivity index is 2.57. The van der Waals surface area contributed by atoms with E-state index in [4.69, 9.17) is 5.11 Å². The van der Waals surface area contributed by atoms with Gasteiger partial charge >= 0.3 is 6.03 Å². The number of carbonyl (C=O) groups is 1. The van der Waals surface area contributed by atoms with Gasteiger partial charge in [0.25, 0.3) is 0 Å². The molecule has 1 saturated heterocycles. The van der Waals surface area contributed by atoms with Gasteiger partial charge in [-0.2, -0.15) is 0 Å². The van der Waals surface area contributed by atoms with E-state index in [2.05, 4.69) is 5.32 Å². The van der Waals surface area contributed by atoms with Crippen molar-refractivity contribution in [1.82, 2.24) is 10.2 Å². The van der Waals surface area contributed by atoms with Crippen LogP contribution in [0.25, 0.3) is 0 Å². The van der Waals surface area contributed by atoms with Crippen molar-refractivity contribution in [2.75, 3.05) is 19.7 Å². The van der Waals surface area contributed by atoms with Gasteiger partial charge in [-0.1, -0.05) is 13.8 Å². The Kier molecular flexibility index (Phi) is 2.81. The van der Waals surface area contributed by atoms with Gasteiger partial charge in [-0.15, -0.1) is 0 Å². The van der Waals surface area contributed by atoms with Crippen molar-refractivity contribution in [3.8, 4) is 0 Å². The molecule has 13 heavy (non-hydrogen) atoms. The van der Waals surface area contributed by atoms with Gasteiger partial charge in [-0.05, 0) is 6.92 Å². The second-order valence-electron chi connectivity index (χ2n) is 4.49. The summed E-state index contributed by atoms with van der Waals surface area (Å²) in [5.74, 6) is 0. The first kappa shape index (κ1) is 10.3. The first-order valence-electron chi connectivity index (χ1n) is 4.61. The van der Waals surface area contributed by atoms with E-state index < -0.39 is 0 Å². The highest BCUT2D eigenvalue weighted by Gasteiger charge is 2.31. The van der Waals surface area contributed by atoms with Crippen molar-refractivity contribution in [2.45, 2.75) is 26.8 Å². The fourth-order valence-electron chi connectivity index (χ4n) is 1.39. The zero-order valence-corrected chi connectivity index (χ0v) is 8.50. The molecule has 1 atom stereocenters. The van der Waals surface area contributed by atoms with E-state index in [-0.39, 0.29) is 24.1 Å². The number of nitrogens with one attached hydrogen (secondary N) is 1. The number of amides is 2. The molecule has 4 heteroatoms. The number of urea groups is 1. The third-order valence-electron chi connectivity index (χ3n) is 2.37. The molecular weight excluding hydrogens is 168 g/mol. The molecule has 76 valence electrons. The molecule has 2 amide bonds. The summed E-state index contributed by atoms with van der Waals surface area (Å²) >= 11 is 0. The van der Waals surface area contributed by atoms with E-state index >= 15 is 0 Å². The summed E-state index contributed by atoms with van der Waals surface area (Å²) in [6.45, 7) is 7.32. The largest absolute Gasteiger partial charge is 0.396 e. The molecule has 0 saturated carbocycles. The first-order valence-corrected chi connectivity index (χ1v) is 4.61. The lowest BCUT2D eigenvalue weighted by Gasteiger charge is -2.30. The Labute approximate surface area is 78.9 Å². The van der Waals surface area contributed by atoms with Gasteiger partial charge in [0.05, 0.1) is 0 Å². The molecule has 1 rings (SSSR count). The number of aliphatic hydroxyl groups excluding tert-OH is 1. The van der Waals surface area contributed by atoms with Crippen LogP contribution in [-0.4, -0.2) is 41.8 Å². The van der Waals surface area contributed by atoms with E-state index in [0.717, 1.165) is 0 Å². The third kappa shape index (κ3) is 2.34. The normalized spacial score (nSPS) is 23.5. The van der Waals surface area contributed by atoms with Gasteiger partial charge < -0.3 is 15.3 Å². The van der Waals surface area contributed by atoms with Gasteiger partial charge in [0.15, 0.2) is 0 Å². The number of hydrogen-bond donors (Lipinski definition) is 2. The van der Waals surface area contributed by atoms with Gasteiger partial charge in [-0.25, -0.2) is 4.79 Å². The molecule has 1 heterocycles. The van der Waals surface area contributed by atoms with E-state index in [9.17, 15) is 4.79 Å². The smallest absolute Gasteiger partial charge is 0.317 e. The van der Waals surface area contributed by atoms with Crippen LogP contribution in [0, 0.1) is 5.41 Å². The number of rotatable bonds is 3. The Bertz CT molecular complexity index is 204. The summed E-state index contributed by atoms with van der Waals surface area (Å²) in [4.78, 5) is 13.1. The molecule has 0 aromatic carbocycles. The minimum absolute atomic E-state index is 0.0194. The topological polar surface area (TPSA) is 52.6 Å². The Morgan fingerprint density at radius 2 is 2.31 bits per heavy atom. The molecule has 0 bridgehead atoms. The summed E-state index contributed by atoms with van der Waals surface area (Å²) in [7, 11) is 0. The zero-order valence-electron chi connectivity index (χ0n) is 8.50. The first-order chi connectivity index (χ1) is 5.96. The SMILES string of the molecule is CC1CNC(=O)N1CC(C)(C)CO. The van der Waals surface area contributed by atoms with Crippen LogP contribution in [0.4, 0.5) is 4.79 Å². The maximum atomic E-state index is 11.3. The van der Waals surface area contributed by atoms with Crippen LogP contribution in [0.1, 0.15) is 20.8 Å². The molecular formula is C9H18N2O2. The fraction of sp³-hybridized carbons (Fsp3) is 0.889. The highest BCUT2D eigenvalue weighted by atomic mass is 16.3. The van der Waals surface area contributed by atoms with Crippen LogP contribution in [0.3, 0.4) is 0 Å². The molecule has 4 nitrogen and oxygen atoms in total. The minimum atomic E-state index is -0.212. The maximum Gasteiger partial charge on any atom is 0.317 e. The predicted molar refractivity (Wildman–Crippen MR) is 50.4 cm³/mol. The Morgan fingerprint density at radius 3 is 2.69 bits per heavy atom. The van der Waals surface area contributed by atoms with Crippen LogP contribution in [0.2, 0.25) is 0 Å². The van der Waals surface area contributed by atoms with Crippen molar-refractivity contribution in [1.29, 1.82) is 0 Å². The lowest BCUT2D eigenvalue weighted by atomic mass is 9.94. The van der Waals surface area contributed by atoms with E-state index in [1.54, 1.807) is 4.90 Å². The predicted octanol–water partition coefficient (Wildman–Crippen LogP) is 0.419. The van der Waals surface area contributed by atoms with Crippen molar-refractivity contribution in [3.05, 3.63) is 0 Å². The number of aliphatic hydroxyl groups is 1. The lowest BCUT2D eigenvalue weighted by molar-refractivity contribution is 0.111. The average molecular weight is 186 g/mol. The monoisotopic (exact) mass is 186 g/mol. The molecule has 0 radical (unpaired) electrons. The van der Waals surface area contributed by atoms with Crippen LogP contribution in [-0.2, 0) is 0 Å². The second-order valence-corrected chi connectivity index (χ2v) is 4.49. The van der Waals surface area contributed by atoms with Gasteiger partial charge in [0.1, 0.15) is 0 Å². The summed E-state index contributed by atoms with van der Waals surface area (Å²) < 4.78 is 0. The summed E-state index contributed by atoms with van der Waals surface area (Å²) in [6.07, 6.45) is 0. The van der Waals surface area contributed by atoms with E-state index in [1.165, 1.54) is 0 Å². The average Bonchev–Trinajstić information content (AvgIpc) is 2.36. The number of nitrogens with zero attached hydrogens (tertiary/aromatic N) is 1. The highest BCUT2D eigenvalue weighted by molar-refractivity contribution is 5.76. The molecule has 1 unspecified atom stereocenters. The molecule has 0 aromatic heterocycles. The van der Waals surface area contributed by atoms with Crippen LogP contribution in [0.15, 0.2) is 0 Å². The van der Waals surface area contributed by atoms with E-state index in [0.29, 0.717) is 13.1 Å². The van der Waals surface area contributed by atoms with Crippen molar-refractivity contribution in [3.63, 3.8) is 0 Å². The third-order valence-corrected chi connectivity index (χ3v) is 2.37. The molecule has 1 aliphatic rings. The Morgan fingerprint density at radius 1 is 1.69 bits per heavy atom. The quantitative estimate of drug-likeness (QED) is 0.671. The Hall–Kier alpha value is -0.770. The van der Waals surface area contributed by atoms with Gasteiger partial charge in [0.2, 0.25) is 0 Å². The number of hydrogen-bond acceptors (Lipinski definition) is 2. The van der Waals surface area contributed by atoms with Crippen molar-refractivity contribution < 1.29 is 9.90 Å². The molecule has 0 aliphatic carbocycles.